The van der Waals surface area contributed by atoms with Gasteiger partial charge in [0.05, 0.1) is 4.92 Å². The molecule has 0 saturated heterocycles. The number of nitrogen functional groups attached to an aromatic ring is 2. The molecule has 0 spiro atoms. The van der Waals surface area contributed by atoms with Gasteiger partial charge in [-0.15, -0.1) is 0 Å². The molecule has 5 heteroatoms. The molecule has 0 aliphatic rings. The van der Waals surface area contributed by atoms with E-state index in [-0.39, 0.29) is 5.69 Å². The van der Waals surface area contributed by atoms with Crippen LogP contribution in [0.4, 0.5) is 17.1 Å². The van der Waals surface area contributed by atoms with Crippen LogP contribution in [-0.4, -0.2) is 4.92 Å². The second-order valence-corrected chi connectivity index (χ2v) is 4.41. The summed E-state index contributed by atoms with van der Waals surface area (Å²) in [5.74, 6) is 0. The summed E-state index contributed by atoms with van der Waals surface area (Å²) in [6.07, 6.45) is 0. The van der Waals surface area contributed by atoms with Crippen LogP contribution >= 0.6 is 0 Å². The van der Waals surface area contributed by atoms with Gasteiger partial charge in [0.25, 0.3) is 5.69 Å². The molecule has 4 N–H and O–H groups in total. The van der Waals surface area contributed by atoms with Crippen LogP contribution in [0.2, 0.25) is 0 Å². The van der Waals surface area contributed by atoms with Gasteiger partial charge in [0.1, 0.15) is 0 Å². The van der Waals surface area contributed by atoms with Crippen molar-refractivity contribution in [1.82, 2.24) is 0 Å². The highest BCUT2D eigenvalue weighted by atomic mass is 16.6. The molecule has 0 bridgehead atoms. The normalized spacial score (nSPS) is 8.70. The van der Waals surface area contributed by atoms with E-state index in [1.54, 1.807) is 18.2 Å². The molecule has 118 valence electrons. The van der Waals surface area contributed by atoms with Crippen molar-refractivity contribution in [1.29, 1.82) is 0 Å². The van der Waals surface area contributed by atoms with Crippen molar-refractivity contribution in [3.8, 4) is 0 Å². The van der Waals surface area contributed by atoms with Crippen molar-refractivity contribution in [3.63, 3.8) is 0 Å². The highest BCUT2D eigenvalue weighted by Gasteiger charge is 1.98. The van der Waals surface area contributed by atoms with Crippen LogP contribution in [0.1, 0.15) is 0 Å². The van der Waals surface area contributed by atoms with Gasteiger partial charge in [-0.05, 0) is 24.3 Å². The Labute approximate surface area is 135 Å². The molecule has 5 nitrogen and oxygen atoms in total. The number of rotatable bonds is 1. The van der Waals surface area contributed by atoms with Gasteiger partial charge in [0, 0.05) is 23.5 Å². The third-order valence-electron chi connectivity index (χ3n) is 2.57. The fraction of sp³-hybridized carbons (Fsp3) is 0. The molecule has 0 heterocycles. The quantitative estimate of drug-likeness (QED) is 0.401. The van der Waals surface area contributed by atoms with Crippen LogP contribution in [0.25, 0.3) is 0 Å². The zero-order valence-electron chi connectivity index (χ0n) is 12.6. The van der Waals surface area contributed by atoms with E-state index < -0.39 is 4.92 Å². The van der Waals surface area contributed by atoms with E-state index in [0.29, 0.717) is 0 Å². The number of nitrogens with zero attached hydrogens (tertiary/aromatic N) is 1. The zero-order valence-corrected chi connectivity index (χ0v) is 12.6. The van der Waals surface area contributed by atoms with Gasteiger partial charge in [0.2, 0.25) is 0 Å². The predicted octanol–water partition coefficient (Wildman–Crippen LogP) is 4.13. The smallest absolute Gasteiger partial charge is 0.269 e. The fourth-order valence-corrected chi connectivity index (χ4v) is 1.46. The number of hydrogen-bond acceptors (Lipinski definition) is 4. The summed E-state index contributed by atoms with van der Waals surface area (Å²) in [5, 5.41) is 10.0. The number of non-ortho nitro benzene ring substituents is 1. The first-order valence-corrected chi connectivity index (χ1v) is 6.90. The molecular formula is C18H19N3O2. The highest BCUT2D eigenvalue weighted by Crippen LogP contribution is 2.06. The number of hydrogen-bond donors (Lipinski definition) is 2. The summed E-state index contributed by atoms with van der Waals surface area (Å²) >= 11 is 0. The number of anilines is 2. The number of nitrogens with two attached hydrogens (primary N) is 2. The lowest BCUT2D eigenvalue weighted by Crippen LogP contribution is -1.84. The number of benzene rings is 3. The van der Waals surface area contributed by atoms with Crippen molar-refractivity contribution in [3.05, 3.63) is 101 Å². The second kappa shape index (κ2) is 10.4. The van der Waals surface area contributed by atoms with Crippen LogP contribution in [0.3, 0.4) is 0 Å². The molecule has 3 rings (SSSR count). The molecule has 0 aliphatic heterocycles. The molecule has 0 saturated carbocycles. The molecule has 0 fully saturated rings. The summed E-state index contributed by atoms with van der Waals surface area (Å²) in [7, 11) is 0. The van der Waals surface area contributed by atoms with Crippen LogP contribution < -0.4 is 11.5 Å². The summed E-state index contributed by atoms with van der Waals surface area (Å²) in [6.45, 7) is 0. The van der Waals surface area contributed by atoms with Crippen molar-refractivity contribution in [2.75, 3.05) is 11.5 Å². The lowest BCUT2D eigenvalue weighted by Gasteiger charge is -1.85. The lowest BCUT2D eigenvalue weighted by atomic mass is 10.3. The van der Waals surface area contributed by atoms with Crippen molar-refractivity contribution in [2.24, 2.45) is 0 Å². The summed E-state index contributed by atoms with van der Waals surface area (Å²) < 4.78 is 0. The van der Waals surface area contributed by atoms with Crippen LogP contribution in [0, 0.1) is 10.1 Å². The Balaban J connectivity index is 0.000000175. The van der Waals surface area contributed by atoms with E-state index in [0.717, 1.165) is 11.4 Å². The Morgan fingerprint density at radius 1 is 0.609 bits per heavy atom. The molecule has 0 radical (unpaired) electrons. The van der Waals surface area contributed by atoms with Crippen molar-refractivity contribution >= 4 is 17.1 Å². The first-order chi connectivity index (χ1) is 11.1. The predicted molar refractivity (Wildman–Crippen MR) is 94.8 cm³/mol. The van der Waals surface area contributed by atoms with E-state index >= 15 is 0 Å². The maximum absolute atomic E-state index is 10.0. The zero-order chi connectivity index (χ0) is 16.9. The van der Waals surface area contributed by atoms with Crippen molar-refractivity contribution in [2.45, 2.75) is 0 Å². The Bertz CT molecular complexity index is 637. The molecular weight excluding hydrogens is 290 g/mol. The minimum Gasteiger partial charge on any atom is -0.399 e. The third kappa shape index (κ3) is 8.52. The summed E-state index contributed by atoms with van der Waals surface area (Å²) in [4.78, 5) is 9.59. The number of nitro benzene ring substituents is 1. The maximum atomic E-state index is 10.0. The van der Waals surface area contributed by atoms with Gasteiger partial charge in [-0.3, -0.25) is 10.1 Å². The van der Waals surface area contributed by atoms with Gasteiger partial charge in [0.15, 0.2) is 0 Å². The Morgan fingerprint density at radius 3 is 1.09 bits per heavy atom. The molecule has 3 aromatic carbocycles. The molecule has 0 unspecified atom stereocenters. The van der Waals surface area contributed by atoms with Gasteiger partial charge < -0.3 is 11.5 Å². The highest BCUT2D eigenvalue weighted by molar-refractivity contribution is 5.36. The minimum atomic E-state index is -0.417. The Morgan fingerprint density at radius 2 is 0.913 bits per heavy atom. The van der Waals surface area contributed by atoms with Crippen LogP contribution in [0.15, 0.2) is 91.0 Å². The minimum absolute atomic E-state index is 0.137. The first kappa shape index (κ1) is 17.7. The Hall–Kier alpha value is -3.34. The molecule has 0 aromatic heterocycles. The third-order valence-corrected chi connectivity index (χ3v) is 2.57. The largest absolute Gasteiger partial charge is 0.399 e. The maximum Gasteiger partial charge on any atom is 0.269 e. The SMILES string of the molecule is Nc1ccccc1.Nc1ccccc1.O=[N+]([O-])c1ccccc1. The van der Waals surface area contributed by atoms with E-state index in [2.05, 4.69) is 0 Å². The van der Waals surface area contributed by atoms with Crippen LogP contribution in [0.5, 0.6) is 0 Å². The van der Waals surface area contributed by atoms with E-state index in [4.69, 9.17) is 11.5 Å². The molecule has 23 heavy (non-hydrogen) atoms. The average Bonchev–Trinajstić information content (AvgIpc) is 2.58. The van der Waals surface area contributed by atoms with E-state index in [1.807, 2.05) is 60.7 Å². The standard InChI is InChI=1S/C6H5NO2.2C6H7N/c8-7(9)6-4-2-1-3-5-6;2*7-6-4-2-1-3-5-6/h1-5H;2*1-5H,7H2. The average molecular weight is 309 g/mol. The topological polar surface area (TPSA) is 95.2 Å². The summed E-state index contributed by atoms with van der Waals surface area (Å²) in [6, 6.07) is 26.9. The van der Waals surface area contributed by atoms with Gasteiger partial charge in [-0.2, -0.15) is 0 Å². The lowest BCUT2D eigenvalue weighted by molar-refractivity contribution is -0.384. The number of nitro groups is 1. The van der Waals surface area contributed by atoms with Gasteiger partial charge in [-0.25, -0.2) is 0 Å². The fourth-order valence-electron chi connectivity index (χ4n) is 1.46. The van der Waals surface area contributed by atoms with Crippen LogP contribution in [-0.2, 0) is 0 Å². The second-order valence-electron chi connectivity index (χ2n) is 4.41. The van der Waals surface area contributed by atoms with Gasteiger partial charge >= 0.3 is 0 Å². The molecule has 3 aromatic rings. The van der Waals surface area contributed by atoms with Gasteiger partial charge in [-0.1, -0.05) is 54.6 Å². The molecule has 0 amide bonds. The monoisotopic (exact) mass is 309 g/mol. The molecule has 0 atom stereocenters. The summed E-state index contributed by atoms with van der Waals surface area (Å²) in [5.41, 5.74) is 12.5. The Kier molecular flexibility index (Phi) is 8.01. The molecule has 0 aliphatic carbocycles. The van der Waals surface area contributed by atoms with E-state index in [1.165, 1.54) is 12.1 Å². The van der Waals surface area contributed by atoms with Crippen molar-refractivity contribution < 1.29 is 4.92 Å². The number of para-hydroxylation sites is 3. The van der Waals surface area contributed by atoms with E-state index in [9.17, 15) is 10.1 Å². The first-order valence-electron chi connectivity index (χ1n) is 6.90.